The molecule has 1 fully saturated rings. The van der Waals surface area contributed by atoms with Gasteiger partial charge in [-0.1, -0.05) is 19.4 Å². The van der Waals surface area contributed by atoms with E-state index < -0.39 is 5.97 Å². The van der Waals surface area contributed by atoms with Crippen LogP contribution in [-0.4, -0.2) is 31.1 Å². The van der Waals surface area contributed by atoms with Crippen molar-refractivity contribution in [2.45, 2.75) is 38.3 Å². The number of nitrogens with one attached hydrogen (secondary N) is 3. The van der Waals surface area contributed by atoms with Crippen LogP contribution in [0.4, 0.5) is 5.69 Å². The van der Waals surface area contributed by atoms with E-state index in [9.17, 15) is 9.59 Å². The lowest BCUT2D eigenvalue weighted by molar-refractivity contribution is -0.117. The van der Waals surface area contributed by atoms with E-state index in [0.717, 1.165) is 19.3 Å². The van der Waals surface area contributed by atoms with Gasteiger partial charge in [0.1, 0.15) is 6.04 Å². The molecule has 3 N–H and O–H groups in total. The third-order valence-electron chi connectivity index (χ3n) is 3.49. The number of carbonyl (C=O) groups excluding carboxylic acids is 2. The molecule has 1 aromatic rings. The molecule has 1 aliphatic rings. The van der Waals surface area contributed by atoms with Crippen LogP contribution in [0.3, 0.4) is 0 Å². The summed E-state index contributed by atoms with van der Waals surface area (Å²) >= 11 is 0. The summed E-state index contributed by atoms with van der Waals surface area (Å²) in [5, 5.41) is 2.82. The van der Waals surface area contributed by atoms with E-state index >= 15 is 0 Å². The summed E-state index contributed by atoms with van der Waals surface area (Å²) in [7, 11) is 1.33. The van der Waals surface area contributed by atoms with Gasteiger partial charge in [0, 0.05) is 11.7 Å². The molecule has 1 amide bonds. The lowest BCUT2D eigenvalue weighted by atomic mass is 10.1. The Morgan fingerprint density at radius 3 is 2.90 bits per heavy atom. The minimum atomic E-state index is -0.422. The molecule has 0 aliphatic carbocycles. The molecule has 1 aromatic carbocycles. The maximum absolute atomic E-state index is 12.2. The summed E-state index contributed by atoms with van der Waals surface area (Å²) < 4.78 is 4.66. The molecule has 1 heterocycles. The number of methoxy groups -OCH3 is 1. The van der Waals surface area contributed by atoms with Gasteiger partial charge >= 0.3 is 5.97 Å². The van der Waals surface area contributed by atoms with Crippen LogP contribution >= 0.6 is 0 Å². The van der Waals surface area contributed by atoms with Crippen molar-refractivity contribution in [3.63, 3.8) is 0 Å². The van der Waals surface area contributed by atoms with E-state index in [1.807, 2.05) is 0 Å². The highest BCUT2D eigenvalue weighted by molar-refractivity contribution is 5.97. The number of amides is 1. The third-order valence-corrected chi connectivity index (χ3v) is 3.49. The van der Waals surface area contributed by atoms with Gasteiger partial charge in [-0.15, -0.1) is 0 Å². The Labute approximate surface area is 124 Å². The second kappa shape index (κ2) is 7.19. The minimum Gasteiger partial charge on any atom is -0.465 e. The smallest absolute Gasteiger partial charge is 0.337 e. The van der Waals surface area contributed by atoms with E-state index in [2.05, 4.69) is 27.8 Å². The van der Waals surface area contributed by atoms with Crippen molar-refractivity contribution < 1.29 is 14.3 Å². The molecular weight excluding hydrogens is 270 g/mol. The predicted octanol–water partition coefficient (Wildman–Crippen LogP) is 1.45. The number of esters is 1. The van der Waals surface area contributed by atoms with Crippen molar-refractivity contribution in [3.05, 3.63) is 29.8 Å². The molecule has 0 aromatic heterocycles. The van der Waals surface area contributed by atoms with Gasteiger partial charge in [-0.3, -0.25) is 10.2 Å². The zero-order valence-corrected chi connectivity index (χ0v) is 12.3. The monoisotopic (exact) mass is 291 g/mol. The highest BCUT2D eigenvalue weighted by Crippen LogP contribution is 2.15. The van der Waals surface area contributed by atoms with Crippen LogP contribution in [0.2, 0.25) is 0 Å². The molecule has 0 radical (unpaired) electrons. The van der Waals surface area contributed by atoms with E-state index in [1.54, 1.807) is 24.3 Å². The molecule has 2 rings (SSSR count). The maximum atomic E-state index is 12.2. The van der Waals surface area contributed by atoms with Gasteiger partial charge in [-0.2, -0.15) is 0 Å². The van der Waals surface area contributed by atoms with Gasteiger partial charge < -0.3 is 10.1 Å². The molecular formula is C15H21N3O3. The van der Waals surface area contributed by atoms with Gasteiger partial charge in [-0.05, 0) is 31.0 Å². The number of hydrogen-bond donors (Lipinski definition) is 3. The number of rotatable bonds is 5. The van der Waals surface area contributed by atoms with Crippen LogP contribution in [0.25, 0.3) is 0 Å². The molecule has 0 saturated carbocycles. The first-order valence-electron chi connectivity index (χ1n) is 7.14. The fourth-order valence-electron chi connectivity index (χ4n) is 2.40. The van der Waals surface area contributed by atoms with Crippen LogP contribution in [0.1, 0.15) is 36.5 Å². The topological polar surface area (TPSA) is 79.5 Å². The van der Waals surface area contributed by atoms with Gasteiger partial charge in [0.2, 0.25) is 5.91 Å². The van der Waals surface area contributed by atoms with Crippen LogP contribution < -0.4 is 16.2 Å². The second-order valence-corrected chi connectivity index (χ2v) is 5.12. The molecule has 1 saturated heterocycles. The number of hydrazine groups is 1. The van der Waals surface area contributed by atoms with E-state index in [-0.39, 0.29) is 11.9 Å². The molecule has 6 heteroatoms. The third kappa shape index (κ3) is 4.03. The first-order chi connectivity index (χ1) is 10.1. The Morgan fingerprint density at radius 1 is 1.38 bits per heavy atom. The van der Waals surface area contributed by atoms with E-state index in [1.165, 1.54) is 7.11 Å². The van der Waals surface area contributed by atoms with Crippen molar-refractivity contribution in [1.82, 2.24) is 10.9 Å². The normalized spacial score (nSPS) is 21.0. The Balaban J connectivity index is 1.95. The Kier molecular flexibility index (Phi) is 5.30. The molecule has 2 atom stereocenters. The average Bonchev–Trinajstić information content (AvgIpc) is 2.96. The standard InChI is InChI=1S/C15H21N3O3/c1-3-5-12-9-13(18-17-12)14(19)16-11-7-4-6-10(8-11)15(20)21-2/h4,6-8,12-13,17-18H,3,5,9H2,1-2H3,(H,16,19). The van der Waals surface area contributed by atoms with Crippen LogP contribution in [0, 0.1) is 0 Å². The van der Waals surface area contributed by atoms with E-state index in [0.29, 0.717) is 17.3 Å². The summed E-state index contributed by atoms with van der Waals surface area (Å²) in [6.07, 6.45) is 2.87. The van der Waals surface area contributed by atoms with Crippen molar-refractivity contribution >= 4 is 17.6 Å². The van der Waals surface area contributed by atoms with Crippen molar-refractivity contribution in [2.75, 3.05) is 12.4 Å². The van der Waals surface area contributed by atoms with Crippen LogP contribution in [-0.2, 0) is 9.53 Å². The van der Waals surface area contributed by atoms with Gasteiger partial charge in [0.15, 0.2) is 0 Å². The van der Waals surface area contributed by atoms with Crippen LogP contribution in [0.5, 0.6) is 0 Å². The fraction of sp³-hybridized carbons (Fsp3) is 0.467. The summed E-state index contributed by atoms with van der Waals surface area (Å²) in [6, 6.07) is 6.78. The zero-order valence-electron chi connectivity index (χ0n) is 12.3. The number of benzene rings is 1. The fourth-order valence-corrected chi connectivity index (χ4v) is 2.40. The molecule has 0 spiro atoms. The molecule has 1 aliphatic heterocycles. The number of hydrogen-bond acceptors (Lipinski definition) is 5. The zero-order chi connectivity index (χ0) is 15.2. The van der Waals surface area contributed by atoms with Gasteiger partial charge in [0.25, 0.3) is 0 Å². The summed E-state index contributed by atoms with van der Waals surface area (Å²) in [4.78, 5) is 23.7. The van der Waals surface area contributed by atoms with E-state index in [4.69, 9.17) is 0 Å². The Hall–Kier alpha value is -1.92. The SMILES string of the molecule is CCCC1CC(C(=O)Nc2cccc(C(=O)OC)c2)NN1. The quantitative estimate of drug-likeness (QED) is 0.716. The van der Waals surface area contributed by atoms with Gasteiger partial charge in [-0.25, -0.2) is 10.2 Å². The first-order valence-corrected chi connectivity index (χ1v) is 7.14. The minimum absolute atomic E-state index is 0.108. The summed E-state index contributed by atoms with van der Waals surface area (Å²) in [6.45, 7) is 2.12. The second-order valence-electron chi connectivity index (χ2n) is 5.12. The number of ether oxygens (including phenoxy) is 1. The first kappa shape index (κ1) is 15.5. The van der Waals surface area contributed by atoms with Crippen LogP contribution in [0.15, 0.2) is 24.3 Å². The highest BCUT2D eigenvalue weighted by atomic mass is 16.5. The van der Waals surface area contributed by atoms with Crippen molar-refractivity contribution in [3.8, 4) is 0 Å². The predicted molar refractivity (Wildman–Crippen MR) is 79.8 cm³/mol. The lowest BCUT2D eigenvalue weighted by Gasteiger charge is -2.11. The molecule has 6 nitrogen and oxygen atoms in total. The number of carbonyl (C=O) groups is 2. The Bertz CT molecular complexity index is 519. The summed E-state index contributed by atoms with van der Waals surface area (Å²) in [5.74, 6) is -0.530. The van der Waals surface area contributed by atoms with Crippen molar-refractivity contribution in [2.24, 2.45) is 0 Å². The molecule has 2 unspecified atom stereocenters. The molecule has 21 heavy (non-hydrogen) atoms. The van der Waals surface area contributed by atoms with Crippen molar-refractivity contribution in [1.29, 1.82) is 0 Å². The number of anilines is 1. The highest BCUT2D eigenvalue weighted by Gasteiger charge is 2.28. The summed E-state index contributed by atoms with van der Waals surface area (Å²) in [5.41, 5.74) is 7.13. The Morgan fingerprint density at radius 2 is 2.19 bits per heavy atom. The maximum Gasteiger partial charge on any atom is 0.337 e. The van der Waals surface area contributed by atoms with Gasteiger partial charge in [0.05, 0.1) is 12.7 Å². The largest absolute Gasteiger partial charge is 0.465 e. The average molecular weight is 291 g/mol. The lowest BCUT2D eigenvalue weighted by Crippen LogP contribution is -2.40. The molecule has 114 valence electrons. The molecule has 0 bridgehead atoms.